The molecule has 78 valence electrons. The molecule has 0 spiro atoms. The third-order valence-electron chi connectivity index (χ3n) is 3.15. The van der Waals surface area contributed by atoms with Crippen molar-refractivity contribution in [3.05, 3.63) is 0 Å². The molecule has 0 unspecified atom stereocenters. The van der Waals surface area contributed by atoms with Gasteiger partial charge in [-0.1, -0.05) is 13.8 Å². The summed E-state index contributed by atoms with van der Waals surface area (Å²) in [7, 11) is -2.88. The van der Waals surface area contributed by atoms with E-state index in [0.29, 0.717) is 12.3 Å². The van der Waals surface area contributed by atoms with E-state index in [1.54, 1.807) is 6.92 Å². The van der Waals surface area contributed by atoms with Crippen LogP contribution in [0.5, 0.6) is 0 Å². The van der Waals surface area contributed by atoms with E-state index in [-0.39, 0.29) is 23.5 Å². The average Bonchev–Trinajstić information content (AvgIpc) is 2.47. The zero-order chi connectivity index (χ0) is 10.1. The van der Waals surface area contributed by atoms with E-state index in [9.17, 15) is 8.42 Å². The van der Waals surface area contributed by atoms with Crippen molar-refractivity contribution in [2.45, 2.75) is 31.9 Å². The van der Waals surface area contributed by atoms with Crippen LogP contribution in [-0.2, 0) is 9.84 Å². The number of hydrogen-bond acceptors (Lipinski definition) is 3. The Morgan fingerprint density at radius 1 is 1.38 bits per heavy atom. The Morgan fingerprint density at radius 2 is 2.00 bits per heavy atom. The van der Waals surface area contributed by atoms with Gasteiger partial charge in [-0.25, -0.2) is 8.42 Å². The van der Waals surface area contributed by atoms with Gasteiger partial charge in [0.1, 0.15) is 0 Å². The summed E-state index contributed by atoms with van der Waals surface area (Å²) in [6.45, 7) is 3.83. The Balaban J connectivity index is 2.68. The van der Waals surface area contributed by atoms with Crippen LogP contribution >= 0.6 is 0 Å². The van der Waals surface area contributed by atoms with Gasteiger partial charge in [0.25, 0.3) is 0 Å². The summed E-state index contributed by atoms with van der Waals surface area (Å²) < 4.78 is 23.1. The highest BCUT2D eigenvalue weighted by Gasteiger charge is 2.37. The molecule has 1 rings (SSSR count). The fourth-order valence-corrected chi connectivity index (χ4v) is 3.67. The Labute approximate surface area is 80.1 Å². The molecule has 13 heavy (non-hydrogen) atoms. The van der Waals surface area contributed by atoms with Gasteiger partial charge in [-0.2, -0.15) is 0 Å². The maximum Gasteiger partial charge on any atom is 0.152 e. The number of hydrogen-bond donors (Lipinski definition) is 1. The first kappa shape index (κ1) is 11.0. The molecule has 3 atom stereocenters. The lowest BCUT2D eigenvalue weighted by Crippen LogP contribution is -2.20. The molecular weight excluding hydrogens is 188 g/mol. The molecule has 0 aromatic rings. The van der Waals surface area contributed by atoms with Crippen LogP contribution in [0.3, 0.4) is 0 Å². The van der Waals surface area contributed by atoms with E-state index in [1.807, 2.05) is 6.92 Å². The lowest BCUT2D eigenvalue weighted by Gasteiger charge is -2.09. The van der Waals surface area contributed by atoms with Crippen molar-refractivity contribution < 1.29 is 13.5 Å². The molecule has 3 nitrogen and oxygen atoms in total. The summed E-state index contributed by atoms with van der Waals surface area (Å²) in [5, 5.41) is 8.79. The second kappa shape index (κ2) is 3.96. The van der Waals surface area contributed by atoms with Gasteiger partial charge in [-0.3, -0.25) is 0 Å². The van der Waals surface area contributed by atoms with Crippen LogP contribution in [0.15, 0.2) is 0 Å². The number of aliphatic hydroxyl groups is 1. The lowest BCUT2D eigenvalue weighted by molar-refractivity contribution is 0.201. The number of rotatable bonds is 3. The first-order valence-corrected chi connectivity index (χ1v) is 6.55. The van der Waals surface area contributed by atoms with Crippen LogP contribution in [-0.4, -0.2) is 31.1 Å². The summed E-state index contributed by atoms with van der Waals surface area (Å²) in [5.41, 5.74) is 0. The Bertz CT molecular complexity index is 258. The van der Waals surface area contributed by atoms with Crippen molar-refractivity contribution in [3.8, 4) is 0 Å². The van der Waals surface area contributed by atoms with Gasteiger partial charge in [0, 0.05) is 12.4 Å². The lowest BCUT2D eigenvalue weighted by atomic mass is 10.00. The molecule has 0 bridgehead atoms. The van der Waals surface area contributed by atoms with Gasteiger partial charge in [-0.15, -0.1) is 0 Å². The summed E-state index contributed by atoms with van der Waals surface area (Å²) in [4.78, 5) is 0. The van der Waals surface area contributed by atoms with Crippen LogP contribution in [0.2, 0.25) is 0 Å². The topological polar surface area (TPSA) is 54.4 Å². The molecule has 0 radical (unpaired) electrons. The molecule has 1 fully saturated rings. The minimum absolute atomic E-state index is 0.122. The predicted molar refractivity (Wildman–Crippen MR) is 52.2 cm³/mol. The average molecular weight is 206 g/mol. The maximum atomic E-state index is 11.5. The third kappa shape index (κ3) is 2.23. The van der Waals surface area contributed by atoms with E-state index in [4.69, 9.17) is 5.11 Å². The zero-order valence-corrected chi connectivity index (χ0v) is 9.05. The standard InChI is InChI=1S/C9H18O3S/c1-3-13(11,12)9-4-7(2)8(5-9)6-10/h7-10H,3-6H2,1-2H3/t7-,8-,9+/m1/s1. The molecular formula is C9H18O3S. The van der Waals surface area contributed by atoms with Crippen molar-refractivity contribution in [1.82, 2.24) is 0 Å². The van der Waals surface area contributed by atoms with Crippen LogP contribution in [0.1, 0.15) is 26.7 Å². The highest BCUT2D eigenvalue weighted by atomic mass is 32.2. The van der Waals surface area contributed by atoms with Gasteiger partial charge in [0.2, 0.25) is 0 Å². The van der Waals surface area contributed by atoms with E-state index >= 15 is 0 Å². The maximum absolute atomic E-state index is 11.5. The largest absolute Gasteiger partial charge is 0.396 e. The fourth-order valence-electron chi connectivity index (χ4n) is 2.06. The summed E-state index contributed by atoms with van der Waals surface area (Å²) in [6.07, 6.45) is 1.37. The Kier molecular flexibility index (Phi) is 3.35. The monoisotopic (exact) mass is 206 g/mol. The second-order valence-electron chi connectivity index (χ2n) is 3.96. The molecule has 0 aromatic heterocycles. The predicted octanol–water partition coefficient (Wildman–Crippen LogP) is 0.828. The highest BCUT2D eigenvalue weighted by Crippen LogP contribution is 2.35. The minimum atomic E-state index is -2.88. The molecule has 0 aromatic carbocycles. The molecule has 0 saturated heterocycles. The van der Waals surface area contributed by atoms with E-state index in [2.05, 4.69) is 0 Å². The molecule has 1 aliphatic rings. The molecule has 4 heteroatoms. The first-order chi connectivity index (χ1) is 6.01. The van der Waals surface area contributed by atoms with Gasteiger partial charge in [0.15, 0.2) is 9.84 Å². The smallest absolute Gasteiger partial charge is 0.152 e. The number of aliphatic hydroxyl groups excluding tert-OH is 1. The Hall–Kier alpha value is -0.0900. The minimum Gasteiger partial charge on any atom is -0.396 e. The summed E-state index contributed by atoms with van der Waals surface area (Å²) in [5.74, 6) is 0.755. The molecule has 1 N–H and O–H groups in total. The SMILES string of the molecule is CCS(=O)(=O)[C@@H]1C[C@H](CO)[C@H](C)C1. The molecule has 1 aliphatic carbocycles. The van der Waals surface area contributed by atoms with Crippen molar-refractivity contribution >= 4 is 9.84 Å². The van der Waals surface area contributed by atoms with Crippen LogP contribution in [0.4, 0.5) is 0 Å². The molecule has 0 heterocycles. The van der Waals surface area contributed by atoms with E-state index in [0.717, 1.165) is 6.42 Å². The third-order valence-corrected chi connectivity index (χ3v) is 5.36. The highest BCUT2D eigenvalue weighted by molar-refractivity contribution is 7.92. The molecule has 0 amide bonds. The van der Waals surface area contributed by atoms with E-state index in [1.165, 1.54) is 0 Å². The van der Waals surface area contributed by atoms with Crippen LogP contribution in [0.25, 0.3) is 0 Å². The van der Waals surface area contributed by atoms with Crippen LogP contribution < -0.4 is 0 Å². The van der Waals surface area contributed by atoms with Crippen molar-refractivity contribution in [3.63, 3.8) is 0 Å². The zero-order valence-electron chi connectivity index (χ0n) is 8.23. The Morgan fingerprint density at radius 3 is 2.38 bits per heavy atom. The van der Waals surface area contributed by atoms with Crippen molar-refractivity contribution in [2.75, 3.05) is 12.4 Å². The van der Waals surface area contributed by atoms with Crippen LogP contribution in [0, 0.1) is 11.8 Å². The second-order valence-corrected chi connectivity index (χ2v) is 6.53. The van der Waals surface area contributed by atoms with Crippen molar-refractivity contribution in [1.29, 1.82) is 0 Å². The normalized spacial score (nSPS) is 35.2. The van der Waals surface area contributed by atoms with Gasteiger partial charge < -0.3 is 5.11 Å². The quantitative estimate of drug-likeness (QED) is 0.744. The van der Waals surface area contributed by atoms with E-state index < -0.39 is 9.84 Å². The summed E-state index contributed by atoms with van der Waals surface area (Å²) in [6, 6.07) is 0. The van der Waals surface area contributed by atoms with Gasteiger partial charge >= 0.3 is 0 Å². The van der Waals surface area contributed by atoms with Gasteiger partial charge in [0.05, 0.1) is 5.25 Å². The fraction of sp³-hybridized carbons (Fsp3) is 1.00. The first-order valence-electron chi connectivity index (χ1n) is 4.83. The number of sulfone groups is 1. The molecule has 0 aliphatic heterocycles. The molecule has 1 saturated carbocycles. The summed E-state index contributed by atoms with van der Waals surface area (Å²) >= 11 is 0. The van der Waals surface area contributed by atoms with Gasteiger partial charge in [-0.05, 0) is 24.7 Å². The van der Waals surface area contributed by atoms with Crippen molar-refractivity contribution in [2.24, 2.45) is 11.8 Å².